The molecule has 0 aromatic heterocycles. The highest BCUT2D eigenvalue weighted by Crippen LogP contribution is 2.51. The van der Waals surface area contributed by atoms with E-state index >= 15 is 0 Å². The monoisotopic (exact) mass is 419 g/mol. The summed E-state index contributed by atoms with van der Waals surface area (Å²) in [6, 6.07) is 21.4. The fourth-order valence-electron chi connectivity index (χ4n) is 4.20. The van der Waals surface area contributed by atoms with Crippen LogP contribution in [-0.4, -0.2) is 5.11 Å². The summed E-state index contributed by atoms with van der Waals surface area (Å²) in [7, 11) is 0.595. The zero-order chi connectivity index (χ0) is 21.7. The van der Waals surface area contributed by atoms with Crippen LogP contribution in [0.25, 0.3) is 0 Å². The molecule has 0 saturated heterocycles. The Morgan fingerprint density at radius 2 is 1.57 bits per heavy atom. The quantitative estimate of drug-likeness (QED) is 0.387. The number of benzene rings is 3. The minimum absolute atomic E-state index is 0.0579. The molecule has 1 unspecified atom stereocenters. The van der Waals surface area contributed by atoms with Crippen LogP contribution < -0.4 is 10.6 Å². The van der Waals surface area contributed by atoms with Crippen LogP contribution >= 0.6 is 8.58 Å². The molecule has 0 heterocycles. The first-order valence-electron chi connectivity index (χ1n) is 10.9. The van der Waals surface area contributed by atoms with Gasteiger partial charge in [-0.2, -0.15) is 0 Å². The Hall–Kier alpha value is -2.31. The first kappa shape index (κ1) is 22.4. The van der Waals surface area contributed by atoms with E-state index in [1.165, 1.54) is 22.0 Å². The van der Waals surface area contributed by atoms with Crippen LogP contribution in [0.15, 0.2) is 60.7 Å². The number of phenolic OH excluding ortho intramolecular Hbond substituents is 1. The van der Waals surface area contributed by atoms with Gasteiger partial charge in [-0.15, -0.1) is 0 Å². The molecule has 0 bridgehead atoms. The van der Waals surface area contributed by atoms with Gasteiger partial charge in [-0.25, -0.2) is 0 Å². The number of anilines is 1. The molecule has 0 aliphatic heterocycles. The van der Waals surface area contributed by atoms with E-state index in [0.717, 1.165) is 36.2 Å². The highest BCUT2D eigenvalue weighted by Gasteiger charge is 2.33. The van der Waals surface area contributed by atoms with Gasteiger partial charge in [-0.05, 0) is 62.2 Å². The molecule has 0 saturated carbocycles. The second-order valence-electron chi connectivity index (χ2n) is 8.27. The number of nitrogens with one attached hydrogen (secondary N) is 1. The third-order valence-corrected chi connectivity index (χ3v) is 8.27. The summed E-state index contributed by atoms with van der Waals surface area (Å²) in [4.78, 5) is 0. The van der Waals surface area contributed by atoms with Crippen molar-refractivity contribution in [1.29, 1.82) is 0 Å². The highest BCUT2D eigenvalue weighted by molar-refractivity contribution is 7.48. The maximum atomic E-state index is 11.0. The summed E-state index contributed by atoms with van der Waals surface area (Å²) < 4.78 is 0. The lowest BCUT2D eigenvalue weighted by Gasteiger charge is -2.35. The summed E-state index contributed by atoms with van der Waals surface area (Å²) in [5, 5.41) is 15.9. The lowest BCUT2D eigenvalue weighted by atomic mass is 9.89. The lowest BCUT2D eigenvalue weighted by molar-refractivity contribution is 0.444. The molecule has 30 heavy (non-hydrogen) atoms. The van der Waals surface area contributed by atoms with Crippen LogP contribution in [-0.2, 0) is 11.7 Å². The van der Waals surface area contributed by atoms with E-state index in [1.54, 1.807) is 0 Å². The van der Waals surface area contributed by atoms with Crippen LogP contribution in [0.5, 0.6) is 5.75 Å². The van der Waals surface area contributed by atoms with Crippen molar-refractivity contribution in [2.45, 2.75) is 59.2 Å². The molecule has 0 radical (unpaired) electrons. The SMILES string of the molecule is CCC(CC)(Pc1ccc(C)cc1CNc1ccccc1)c1cc(C)cc(C)c1O. The number of phenols is 1. The second kappa shape index (κ2) is 9.67. The molecule has 1 atom stereocenters. The number of hydrogen-bond donors (Lipinski definition) is 2. The van der Waals surface area contributed by atoms with Gasteiger partial charge < -0.3 is 10.4 Å². The molecule has 3 aromatic rings. The van der Waals surface area contributed by atoms with Gasteiger partial charge >= 0.3 is 0 Å². The molecule has 2 N–H and O–H groups in total. The van der Waals surface area contributed by atoms with Crippen molar-refractivity contribution in [3.63, 3.8) is 0 Å². The Balaban J connectivity index is 1.98. The summed E-state index contributed by atoms with van der Waals surface area (Å²) in [6.07, 6.45) is 2.00. The predicted octanol–water partition coefficient (Wildman–Crippen LogP) is 6.95. The van der Waals surface area contributed by atoms with Crippen LogP contribution in [0.2, 0.25) is 0 Å². The van der Waals surface area contributed by atoms with Crippen molar-refractivity contribution in [3.05, 3.63) is 88.5 Å². The van der Waals surface area contributed by atoms with Gasteiger partial charge in [0.2, 0.25) is 0 Å². The van der Waals surface area contributed by atoms with Gasteiger partial charge in [0.05, 0.1) is 0 Å². The highest BCUT2D eigenvalue weighted by atomic mass is 31.1. The Kier molecular flexibility index (Phi) is 7.21. The number of hydrogen-bond acceptors (Lipinski definition) is 2. The Bertz CT molecular complexity index is 993. The van der Waals surface area contributed by atoms with Gasteiger partial charge in [0.1, 0.15) is 5.75 Å². The first-order valence-corrected chi connectivity index (χ1v) is 11.9. The number of para-hydroxylation sites is 1. The zero-order valence-electron chi connectivity index (χ0n) is 18.8. The van der Waals surface area contributed by atoms with Crippen LogP contribution in [0, 0.1) is 20.8 Å². The van der Waals surface area contributed by atoms with Gasteiger partial charge in [0.15, 0.2) is 0 Å². The molecule has 0 fully saturated rings. The van der Waals surface area contributed by atoms with E-state index in [1.807, 2.05) is 13.0 Å². The van der Waals surface area contributed by atoms with E-state index in [0.29, 0.717) is 14.3 Å². The fraction of sp³-hybridized carbons (Fsp3) is 0.333. The van der Waals surface area contributed by atoms with Crippen molar-refractivity contribution >= 4 is 19.6 Å². The van der Waals surface area contributed by atoms with Crippen molar-refractivity contribution < 1.29 is 5.11 Å². The number of aryl methyl sites for hydroxylation is 3. The smallest absolute Gasteiger partial charge is 0.122 e. The molecule has 3 aromatic carbocycles. The minimum atomic E-state index is -0.0579. The predicted molar refractivity (Wildman–Crippen MR) is 133 cm³/mol. The van der Waals surface area contributed by atoms with Crippen LogP contribution in [0.4, 0.5) is 5.69 Å². The zero-order valence-corrected chi connectivity index (χ0v) is 19.8. The van der Waals surface area contributed by atoms with E-state index in [9.17, 15) is 5.11 Å². The average molecular weight is 420 g/mol. The summed E-state index contributed by atoms with van der Waals surface area (Å²) in [5.74, 6) is 0.466. The fourth-order valence-corrected chi connectivity index (χ4v) is 5.88. The maximum Gasteiger partial charge on any atom is 0.122 e. The lowest BCUT2D eigenvalue weighted by Crippen LogP contribution is -2.24. The largest absolute Gasteiger partial charge is 0.507 e. The molecule has 0 aliphatic rings. The van der Waals surface area contributed by atoms with Crippen molar-refractivity contribution in [3.8, 4) is 5.75 Å². The Morgan fingerprint density at radius 1 is 0.867 bits per heavy atom. The van der Waals surface area contributed by atoms with E-state index in [4.69, 9.17) is 0 Å². The van der Waals surface area contributed by atoms with E-state index in [-0.39, 0.29) is 5.16 Å². The Labute approximate surface area is 183 Å². The van der Waals surface area contributed by atoms with E-state index < -0.39 is 0 Å². The first-order chi connectivity index (χ1) is 14.4. The number of rotatable bonds is 8. The second-order valence-corrected chi connectivity index (χ2v) is 10.0. The molecule has 0 amide bonds. The van der Waals surface area contributed by atoms with Crippen molar-refractivity contribution in [1.82, 2.24) is 0 Å². The van der Waals surface area contributed by atoms with Gasteiger partial charge in [0.25, 0.3) is 0 Å². The van der Waals surface area contributed by atoms with Gasteiger partial charge in [0, 0.05) is 23.0 Å². The van der Waals surface area contributed by atoms with Crippen LogP contribution in [0.1, 0.15) is 54.5 Å². The standard InChI is InChI=1S/C27H34NOP/c1-6-27(7-2,24-17-20(4)15-21(5)26(24)29)30-25-14-13-19(3)16-22(25)18-28-23-11-9-8-10-12-23/h8-17,28-30H,6-7,18H2,1-5H3. The Morgan fingerprint density at radius 3 is 2.23 bits per heavy atom. The third-order valence-electron chi connectivity index (χ3n) is 6.06. The normalized spacial score (nSPS) is 11.9. The maximum absolute atomic E-state index is 11.0. The molecule has 3 rings (SSSR count). The summed E-state index contributed by atoms with van der Waals surface area (Å²) in [5.41, 5.74) is 7.04. The molecule has 2 nitrogen and oxygen atoms in total. The molecule has 0 spiro atoms. The van der Waals surface area contributed by atoms with Crippen molar-refractivity contribution in [2.24, 2.45) is 0 Å². The van der Waals surface area contributed by atoms with Gasteiger partial charge in [-0.1, -0.05) is 82.1 Å². The van der Waals surface area contributed by atoms with Crippen LogP contribution in [0.3, 0.4) is 0 Å². The molecular weight excluding hydrogens is 385 g/mol. The molecule has 3 heteroatoms. The molecular formula is C27H34NOP. The number of aromatic hydroxyl groups is 1. The average Bonchev–Trinajstić information content (AvgIpc) is 2.75. The summed E-state index contributed by atoms with van der Waals surface area (Å²) >= 11 is 0. The van der Waals surface area contributed by atoms with E-state index in [2.05, 4.69) is 87.6 Å². The summed E-state index contributed by atoms with van der Waals surface area (Å²) in [6.45, 7) is 11.6. The molecule has 0 aliphatic carbocycles. The molecule has 158 valence electrons. The van der Waals surface area contributed by atoms with Crippen molar-refractivity contribution in [2.75, 3.05) is 5.32 Å². The third kappa shape index (κ3) is 4.87. The van der Waals surface area contributed by atoms with Gasteiger partial charge in [-0.3, -0.25) is 0 Å². The topological polar surface area (TPSA) is 32.3 Å². The minimum Gasteiger partial charge on any atom is -0.507 e.